The van der Waals surface area contributed by atoms with Gasteiger partial charge < -0.3 is 0 Å². The first-order valence-electron chi connectivity index (χ1n) is 6.81. The first kappa shape index (κ1) is 14.7. The zero-order valence-electron chi connectivity index (χ0n) is 11.5. The van der Waals surface area contributed by atoms with Crippen molar-refractivity contribution >= 4 is 72.4 Å². The first-order valence-corrected chi connectivity index (χ1v) is 9.72. The Hall–Kier alpha value is -0.274. The molecular formula is C18H14KP. The van der Waals surface area contributed by atoms with Gasteiger partial charge in [0, 0.05) is 0 Å². The molecule has 0 aliphatic heterocycles. The van der Waals surface area contributed by atoms with Crippen LogP contribution in [0.25, 0.3) is 0 Å². The Balaban J connectivity index is 2.14. The minimum atomic E-state index is -0.432. The van der Waals surface area contributed by atoms with Crippen LogP contribution >= 0.6 is 7.92 Å². The molecule has 0 saturated carbocycles. The summed E-state index contributed by atoms with van der Waals surface area (Å²) in [4.78, 5) is 0. The summed E-state index contributed by atoms with van der Waals surface area (Å²) in [5.74, 6) is 0. The van der Waals surface area contributed by atoms with Crippen molar-refractivity contribution in [3.05, 3.63) is 84.9 Å². The quantitative estimate of drug-likeness (QED) is 0.514. The molecule has 3 aromatic carbocycles. The van der Waals surface area contributed by atoms with Crippen LogP contribution in [0.1, 0.15) is 0 Å². The predicted octanol–water partition coefficient (Wildman–Crippen LogP) is 2.24. The van der Waals surface area contributed by atoms with E-state index in [1.165, 1.54) is 15.6 Å². The molecule has 0 aliphatic rings. The van der Waals surface area contributed by atoms with Gasteiger partial charge in [-0.3, -0.25) is 0 Å². The van der Waals surface area contributed by atoms with Crippen molar-refractivity contribution < 1.29 is 0 Å². The molecule has 0 radical (unpaired) electrons. The molecular weight excluding hydrogens is 286 g/mol. The molecule has 0 aromatic heterocycles. The van der Waals surface area contributed by atoms with E-state index in [0.717, 1.165) is 49.0 Å². The molecule has 3 rings (SSSR count). The molecule has 92 valence electrons. The zero-order chi connectivity index (χ0) is 13.8. The van der Waals surface area contributed by atoms with Crippen molar-refractivity contribution in [3.8, 4) is 0 Å². The van der Waals surface area contributed by atoms with Crippen molar-refractivity contribution in [1.29, 1.82) is 0 Å². The van der Waals surface area contributed by atoms with Gasteiger partial charge in [0.15, 0.2) is 0 Å². The molecule has 0 heterocycles. The second kappa shape index (κ2) is 7.13. The van der Waals surface area contributed by atoms with Gasteiger partial charge in [-0.15, -0.1) is 0 Å². The number of hydrogen-bond acceptors (Lipinski definition) is 0. The average Bonchev–Trinajstić information content (AvgIpc) is 2.50. The molecule has 0 nitrogen and oxygen atoms in total. The van der Waals surface area contributed by atoms with E-state index in [9.17, 15) is 0 Å². The summed E-state index contributed by atoms with van der Waals surface area (Å²) in [5, 5.41) is 4.31. The van der Waals surface area contributed by atoms with Crippen LogP contribution < -0.4 is 15.6 Å². The van der Waals surface area contributed by atoms with Crippen molar-refractivity contribution in [2.24, 2.45) is 0 Å². The molecule has 0 atom stereocenters. The molecule has 0 N–H and O–H groups in total. The Labute approximate surface area is 155 Å². The maximum absolute atomic E-state index is 2.39. The maximum atomic E-state index is 2.39. The van der Waals surface area contributed by atoms with Crippen LogP contribution in [0.15, 0.2) is 84.9 Å². The second-order valence-corrected chi connectivity index (χ2v) is 8.87. The van der Waals surface area contributed by atoms with Crippen LogP contribution in [0.3, 0.4) is 0 Å². The third-order valence-electron chi connectivity index (χ3n) is 3.29. The number of benzene rings is 3. The Kier molecular flexibility index (Phi) is 5.22. The van der Waals surface area contributed by atoms with E-state index in [4.69, 9.17) is 0 Å². The number of hydrogen-bond donors (Lipinski definition) is 0. The van der Waals surface area contributed by atoms with Gasteiger partial charge in [-0.2, -0.15) is 0 Å². The number of rotatable bonds is 3. The second-order valence-electron chi connectivity index (χ2n) is 4.85. The fourth-order valence-corrected chi connectivity index (χ4v) is 5.94. The van der Waals surface area contributed by atoms with Gasteiger partial charge in [0.25, 0.3) is 0 Å². The van der Waals surface area contributed by atoms with Gasteiger partial charge in [0.1, 0.15) is 0 Å². The molecule has 3 aromatic rings. The molecule has 0 spiro atoms. The molecule has 2 heteroatoms. The summed E-state index contributed by atoms with van der Waals surface area (Å²) in [6.07, 6.45) is 0. The monoisotopic (exact) mass is 300 g/mol. The van der Waals surface area contributed by atoms with Crippen molar-refractivity contribution in [2.75, 3.05) is 0 Å². The normalized spacial score (nSPS) is 10.8. The van der Waals surface area contributed by atoms with Crippen LogP contribution in [0.5, 0.6) is 0 Å². The Morgan fingerprint density at radius 3 is 1.55 bits per heavy atom. The predicted molar refractivity (Wildman–Crippen MR) is 90.5 cm³/mol. The minimum absolute atomic E-state index is 0.432. The Morgan fingerprint density at radius 1 is 0.550 bits per heavy atom. The van der Waals surface area contributed by atoms with E-state index in [1.807, 2.05) is 0 Å². The van der Waals surface area contributed by atoms with Gasteiger partial charge >= 0.3 is 157 Å². The van der Waals surface area contributed by atoms with Crippen LogP contribution in [0.2, 0.25) is 0 Å². The molecule has 0 amide bonds. The summed E-state index contributed by atoms with van der Waals surface area (Å²) in [6, 6.07) is 30.9. The summed E-state index contributed by atoms with van der Waals surface area (Å²) >= 11 is 0.734. The van der Waals surface area contributed by atoms with Gasteiger partial charge in [0.2, 0.25) is 0 Å². The van der Waals surface area contributed by atoms with Crippen molar-refractivity contribution in [3.63, 3.8) is 0 Å². The molecule has 0 bridgehead atoms. The summed E-state index contributed by atoms with van der Waals surface area (Å²) in [5.41, 5.74) is 0. The third-order valence-corrected chi connectivity index (χ3v) is 6.68. The van der Waals surface area contributed by atoms with Gasteiger partial charge in [-0.1, -0.05) is 0 Å². The van der Waals surface area contributed by atoms with E-state index >= 15 is 0 Å². The van der Waals surface area contributed by atoms with Crippen LogP contribution in [-0.4, -0.2) is 49.0 Å². The summed E-state index contributed by atoms with van der Waals surface area (Å²) < 4.78 is 1.51. The van der Waals surface area contributed by atoms with Crippen LogP contribution in [0, 0.1) is 0 Å². The molecule has 0 saturated heterocycles. The molecule has 20 heavy (non-hydrogen) atoms. The SMILES string of the molecule is [K][c]1cccc(P(c2ccccc2)c2ccccc2)c1. The van der Waals surface area contributed by atoms with Gasteiger partial charge in [0.05, 0.1) is 0 Å². The van der Waals surface area contributed by atoms with E-state index in [0.29, 0.717) is 0 Å². The van der Waals surface area contributed by atoms with Gasteiger partial charge in [-0.25, -0.2) is 0 Å². The van der Waals surface area contributed by atoms with Crippen molar-refractivity contribution in [1.82, 2.24) is 0 Å². The molecule has 0 aliphatic carbocycles. The van der Waals surface area contributed by atoms with E-state index in [1.54, 1.807) is 0 Å². The Morgan fingerprint density at radius 2 is 1.05 bits per heavy atom. The van der Waals surface area contributed by atoms with Crippen LogP contribution in [0.4, 0.5) is 0 Å². The summed E-state index contributed by atoms with van der Waals surface area (Å²) in [6.45, 7) is 0. The van der Waals surface area contributed by atoms with E-state index in [2.05, 4.69) is 84.9 Å². The fraction of sp³-hybridized carbons (Fsp3) is 0. The average molecular weight is 300 g/mol. The fourth-order valence-electron chi connectivity index (χ4n) is 2.37. The topological polar surface area (TPSA) is 0 Å². The van der Waals surface area contributed by atoms with Crippen molar-refractivity contribution in [2.45, 2.75) is 0 Å². The third kappa shape index (κ3) is 3.48. The van der Waals surface area contributed by atoms with Gasteiger partial charge in [-0.05, 0) is 0 Å². The Bertz CT molecular complexity index is 641. The first-order chi connectivity index (χ1) is 9.84. The molecule has 0 unspecified atom stereocenters. The standard InChI is InChI=1S/C18H14P.K/c1-4-10-16(11-5-1)19(17-12-6-2-7-13-17)18-14-8-3-9-15-18;/h1-8,10-15H;. The summed E-state index contributed by atoms with van der Waals surface area (Å²) in [7, 11) is -0.432. The van der Waals surface area contributed by atoms with Crippen LogP contribution in [-0.2, 0) is 0 Å². The van der Waals surface area contributed by atoms with E-state index in [-0.39, 0.29) is 0 Å². The zero-order valence-corrected chi connectivity index (χ0v) is 15.5. The van der Waals surface area contributed by atoms with E-state index < -0.39 is 7.92 Å². The molecule has 0 fully saturated rings.